The van der Waals surface area contributed by atoms with Crippen molar-refractivity contribution in [1.29, 1.82) is 0 Å². The molecule has 1 heterocycles. The maximum atomic E-state index is 3.82. The van der Waals surface area contributed by atoms with Gasteiger partial charge in [-0.05, 0) is 16.3 Å². The average molecular weight is 140 g/mol. The van der Waals surface area contributed by atoms with Gasteiger partial charge in [-0.2, -0.15) is 0 Å². The van der Waals surface area contributed by atoms with E-state index in [4.69, 9.17) is 0 Å². The lowest BCUT2D eigenvalue weighted by atomic mass is 9.98. The molecule has 0 bridgehead atoms. The van der Waals surface area contributed by atoms with Crippen LogP contribution < -0.4 is 0 Å². The van der Waals surface area contributed by atoms with E-state index in [9.17, 15) is 0 Å². The number of hydrogen-bond acceptors (Lipinski definition) is 3. The quantitative estimate of drug-likeness (QED) is 0.665. The van der Waals surface area contributed by atoms with Gasteiger partial charge in [0.1, 0.15) is 0 Å². The Bertz CT molecular complexity index is 180. The minimum atomic E-state index is 0.412. The van der Waals surface area contributed by atoms with Crippen LogP contribution in [0.2, 0.25) is 0 Å². The molecule has 0 aliphatic carbocycles. The summed E-state index contributed by atoms with van der Waals surface area (Å²) in [5.41, 5.74) is 0. The van der Waals surface area contributed by atoms with E-state index in [1.165, 1.54) is 0 Å². The van der Waals surface area contributed by atoms with Gasteiger partial charge >= 0.3 is 0 Å². The van der Waals surface area contributed by atoms with E-state index < -0.39 is 0 Å². The van der Waals surface area contributed by atoms with Gasteiger partial charge < -0.3 is 0 Å². The SMILES string of the molecule is CC(C)[C@H](C)c1nnn[nH]1. The summed E-state index contributed by atoms with van der Waals surface area (Å²) in [5, 5.41) is 13.6. The standard InChI is InChI=1S/C6H12N4/c1-4(2)5(3)6-7-9-10-8-6/h4-5H,1-3H3,(H,7,8,9,10)/t5-/m0/s1. The highest BCUT2D eigenvalue weighted by Gasteiger charge is 2.12. The summed E-state index contributed by atoms with van der Waals surface area (Å²) in [6.45, 7) is 6.40. The Morgan fingerprint density at radius 2 is 2.00 bits per heavy atom. The first-order chi connectivity index (χ1) is 4.72. The lowest BCUT2D eigenvalue weighted by Gasteiger charge is -2.09. The van der Waals surface area contributed by atoms with E-state index >= 15 is 0 Å². The van der Waals surface area contributed by atoms with E-state index in [-0.39, 0.29) is 0 Å². The van der Waals surface area contributed by atoms with Crippen molar-refractivity contribution in [2.45, 2.75) is 26.7 Å². The van der Waals surface area contributed by atoms with Crippen LogP contribution in [0.1, 0.15) is 32.5 Å². The van der Waals surface area contributed by atoms with Crippen LogP contribution >= 0.6 is 0 Å². The largest absolute Gasteiger partial charge is 0.243 e. The summed E-state index contributed by atoms with van der Waals surface area (Å²) in [6, 6.07) is 0. The molecule has 0 unspecified atom stereocenters. The summed E-state index contributed by atoms with van der Waals surface area (Å²) < 4.78 is 0. The topological polar surface area (TPSA) is 54.5 Å². The Hall–Kier alpha value is -0.930. The molecule has 1 N–H and O–H groups in total. The fourth-order valence-electron chi connectivity index (χ4n) is 0.675. The summed E-state index contributed by atoms with van der Waals surface area (Å²) in [7, 11) is 0. The number of nitrogens with one attached hydrogen (secondary N) is 1. The van der Waals surface area contributed by atoms with E-state index in [0.29, 0.717) is 11.8 Å². The molecule has 1 aromatic rings. The fourth-order valence-corrected chi connectivity index (χ4v) is 0.675. The van der Waals surface area contributed by atoms with Gasteiger partial charge in [-0.3, -0.25) is 0 Å². The predicted molar refractivity (Wildman–Crippen MR) is 37.4 cm³/mol. The van der Waals surface area contributed by atoms with E-state index in [2.05, 4.69) is 41.4 Å². The van der Waals surface area contributed by atoms with Crippen LogP contribution in [-0.4, -0.2) is 20.6 Å². The molecule has 4 heteroatoms. The molecule has 1 rings (SSSR count). The molecule has 10 heavy (non-hydrogen) atoms. The summed E-state index contributed by atoms with van der Waals surface area (Å²) in [6.07, 6.45) is 0. The molecule has 0 amide bonds. The Labute approximate surface area is 60.0 Å². The molecule has 0 spiro atoms. The zero-order valence-electron chi connectivity index (χ0n) is 6.50. The lowest BCUT2D eigenvalue weighted by Crippen LogP contribution is -2.03. The average Bonchev–Trinajstić information content (AvgIpc) is 2.36. The molecule has 0 radical (unpaired) electrons. The van der Waals surface area contributed by atoms with Gasteiger partial charge in [-0.25, -0.2) is 5.10 Å². The van der Waals surface area contributed by atoms with Gasteiger partial charge in [0, 0.05) is 5.92 Å². The smallest absolute Gasteiger partial charge is 0.151 e. The van der Waals surface area contributed by atoms with Gasteiger partial charge in [0.25, 0.3) is 0 Å². The molecule has 56 valence electrons. The van der Waals surface area contributed by atoms with Gasteiger partial charge in [0.2, 0.25) is 0 Å². The third-order valence-corrected chi connectivity index (χ3v) is 1.79. The Kier molecular flexibility index (Phi) is 1.99. The summed E-state index contributed by atoms with van der Waals surface area (Å²) in [5.74, 6) is 1.86. The zero-order valence-corrected chi connectivity index (χ0v) is 6.50. The first-order valence-electron chi connectivity index (χ1n) is 3.45. The van der Waals surface area contributed by atoms with Crippen LogP contribution in [0.25, 0.3) is 0 Å². The number of H-pyrrole nitrogens is 1. The number of rotatable bonds is 2. The van der Waals surface area contributed by atoms with Crippen molar-refractivity contribution >= 4 is 0 Å². The highest BCUT2D eigenvalue weighted by atomic mass is 15.5. The molecule has 0 fully saturated rings. The fraction of sp³-hybridized carbons (Fsp3) is 0.833. The van der Waals surface area contributed by atoms with Crippen molar-refractivity contribution < 1.29 is 0 Å². The molecular weight excluding hydrogens is 128 g/mol. The van der Waals surface area contributed by atoms with E-state index in [0.717, 1.165) is 5.82 Å². The number of tetrazole rings is 1. The molecule has 0 aliphatic heterocycles. The molecular formula is C6H12N4. The summed E-state index contributed by atoms with van der Waals surface area (Å²) in [4.78, 5) is 0. The second-order valence-electron chi connectivity index (χ2n) is 2.82. The first kappa shape index (κ1) is 7.18. The van der Waals surface area contributed by atoms with Crippen molar-refractivity contribution in [1.82, 2.24) is 20.6 Å². The van der Waals surface area contributed by atoms with Gasteiger partial charge in [-0.1, -0.05) is 20.8 Å². The van der Waals surface area contributed by atoms with Crippen molar-refractivity contribution in [2.75, 3.05) is 0 Å². The second kappa shape index (κ2) is 2.77. The van der Waals surface area contributed by atoms with Gasteiger partial charge in [-0.15, -0.1) is 5.10 Å². The summed E-state index contributed by atoms with van der Waals surface area (Å²) >= 11 is 0. The maximum absolute atomic E-state index is 3.82. The molecule has 0 aromatic carbocycles. The van der Waals surface area contributed by atoms with Gasteiger partial charge in [0.05, 0.1) is 0 Å². The molecule has 1 aromatic heterocycles. The minimum absolute atomic E-state index is 0.412. The number of nitrogens with zero attached hydrogens (tertiary/aromatic N) is 3. The number of aromatic nitrogens is 4. The minimum Gasteiger partial charge on any atom is -0.243 e. The van der Waals surface area contributed by atoms with Crippen molar-refractivity contribution in [3.63, 3.8) is 0 Å². The normalized spacial score (nSPS) is 14.0. The molecule has 0 saturated heterocycles. The highest BCUT2D eigenvalue weighted by Crippen LogP contribution is 2.18. The number of aromatic amines is 1. The third kappa shape index (κ3) is 1.32. The van der Waals surface area contributed by atoms with E-state index in [1.54, 1.807) is 0 Å². The Balaban J connectivity index is 2.68. The predicted octanol–water partition coefficient (Wildman–Crippen LogP) is 0.959. The van der Waals surface area contributed by atoms with Crippen LogP contribution in [0.5, 0.6) is 0 Å². The number of hydrogen-bond donors (Lipinski definition) is 1. The Morgan fingerprint density at radius 3 is 2.40 bits per heavy atom. The van der Waals surface area contributed by atoms with Crippen LogP contribution in [-0.2, 0) is 0 Å². The van der Waals surface area contributed by atoms with Gasteiger partial charge in [0.15, 0.2) is 5.82 Å². The molecule has 4 nitrogen and oxygen atoms in total. The Morgan fingerprint density at radius 1 is 1.30 bits per heavy atom. The molecule has 0 aliphatic rings. The van der Waals surface area contributed by atoms with Crippen molar-refractivity contribution in [3.05, 3.63) is 5.82 Å². The highest BCUT2D eigenvalue weighted by molar-refractivity contribution is 4.88. The van der Waals surface area contributed by atoms with E-state index in [1.807, 2.05) is 0 Å². The second-order valence-corrected chi connectivity index (χ2v) is 2.82. The van der Waals surface area contributed by atoms with Crippen LogP contribution in [0, 0.1) is 5.92 Å². The monoisotopic (exact) mass is 140 g/mol. The maximum Gasteiger partial charge on any atom is 0.151 e. The van der Waals surface area contributed by atoms with Crippen LogP contribution in [0.15, 0.2) is 0 Å². The lowest BCUT2D eigenvalue weighted by molar-refractivity contribution is 0.511. The van der Waals surface area contributed by atoms with Crippen LogP contribution in [0.4, 0.5) is 0 Å². The van der Waals surface area contributed by atoms with Crippen molar-refractivity contribution in [2.24, 2.45) is 5.92 Å². The molecule has 1 atom stereocenters. The third-order valence-electron chi connectivity index (χ3n) is 1.79. The first-order valence-corrected chi connectivity index (χ1v) is 3.45. The zero-order chi connectivity index (χ0) is 7.56. The van der Waals surface area contributed by atoms with Crippen LogP contribution in [0.3, 0.4) is 0 Å². The van der Waals surface area contributed by atoms with Crippen molar-refractivity contribution in [3.8, 4) is 0 Å². The molecule has 0 saturated carbocycles.